The largest absolute Gasteiger partial charge is 0.449 e. The van der Waals surface area contributed by atoms with E-state index in [1.807, 2.05) is 0 Å². The standard InChI is InChI=1S/C12H19F3O2/c1-3-4-5-6-7-8-9-11(12(13,14)15)17-10(2)16/h9H,3-8H2,1-2H3. The molecule has 0 unspecified atom stereocenters. The van der Waals surface area contributed by atoms with Crippen LogP contribution in [0.4, 0.5) is 13.2 Å². The summed E-state index contributed by atoms with van der Waals surface area (Å²) in [6.07, 6.45) is 1.45. The van der Waals surface area contributed by atoms with Gasteiger partial charge in [0.15, 0.2) is 0 Å². The SMILES string of the molecule is CCCCCCCC=C(OC(C)=O)C(F)(F)F. The van der Waals surface area contributed by atoms with Crippen LogP contribution in [-0.4, -0.2) is 12.1 Å². The summed E-state index contributed by atoms with van der Waals surface area (Å²) in [6.45, 7) is 3.03. The number of halogens is 3. The van der Waals surface area contributed by atoms with Gasteiger partial charge in [-0.25, -0.2) is 0 Å². The van der Waals surface area contributed by atoms with Crippen molar-refractivity contribution in [2.24, 2.45) is 0 Å². The van der Waals surface area contributed by atoms with E-state index in [4.69, 9.17) is 0 Å². The Kier molecular flexibility index (Phi) is 7.66. The second-order valence-electron chi connectivity index (χ2n) is 3.86. The molecule has 0 aromatic rings. The van der Waals surface area contributed by atoms with Gasteiger partial charge in [-0.2, -0.15) is 13.2 Å². The number of carbonyl (C=O) groups is 1. The molecule has 100 valence electrons. The van der Waals surface area contributed by atoms with Crippen LogP contribution in [-0.2, 0) is 9.53 Å². The van der Waals surface area contributed by atoms with Gasteiger partial charge in [-0.05, 0) is 18.9 Å². The lowest BCUT2D eigenvalue weighted by Gasteiger charge is -2.10. The van der Waals surface area contributed by atoms with Gasteiger partial charge < -0.3 is 4.74 Å². The number of unbranched alkanes of at least 4 members (excludes halogenated alkanes) is 5. The van der Waals surface area contributed by atoms with Crippen LogP contribution in [0.2, 0.25) is 0 Å². The fraction of sp³-hybridized carbons (Fsp3) is 0.750. The molecule has 0 aromatic heterocycles. The van der Waals surface area contributed by atoms with E-state index in [9.17, 15) is 18.0 Å². The van der Waals surface area contributed by atoms with Crippen LogP contribution in [0.15, 0.2) is 11.8 Å². The second kappa shape index (κ2) is 8.14. The van der Waals surface area contributed by atoms with Crippen molar-refractivity contribution in [2.45, 2.75) is 58.5 Å². The molecule has 0 bridgehead atoms. The molecule has 0 N–H and O–H groups in total. The highest BCUT2D eigenvalue weighted by Gasteiger charge is 2.36. The Balaban J connectivity index is 4.08. The Morgan fingerprint density at radius 3 is 2.24 bits per heavy atom. The molecule has 0 aliphatic heterocycles. The van der Waals surface area contributed by atoms with E-state index in [0.717, 1.165) is 38.7 Å². The molecule has 0 saturated carbocycles. The molecule has 17 heavy (non-hydrogen) atoms. The summed E-state index contributed by atoms with van der Waals surface area (Å²) in [4.78, 5) is 10.5. The number of allylic oxidation sites excluding steroid dienone is 2. The highest BCUT2D eigenvalue weighted by molar-refractivity contribution is 5.67. The minimum atomic E-state index is -4.59. The zero-order chi connectivity index (χ0) is 13.3. The number of hydrogen-bond donors (Lipinski definition) is 0. The molecular formula is C12H19F3O2. The smallest absolute Gasteiger partial charge is 0.422 e. The molecule has 0 fully saturated rings. The molecule has 0 aromatic carbocycles. The van der Waals surface area contributed by atoms with Gasteiger partial charge in [-0.3, -0.25) is 4.79 Å². The van der Waals surface area contributed by atoms with Crippen LogP contribution in [0.25, 0.3) is 0 Å². The molecule has 5 heteroatoms. The molecule has 0 aliphatic carbocycles. The Bertz CT molecular complexity index is 257. The monoisotopic (exact) mass is 252 g/mol. The van der Waals surface area contributed by atoms with Crippen LogP contribution >= 0.6 is 0 Å². The Morgan fingerprint density at radius 1 is 1.18 bits per heavy atom. The van der Waals surface area contributed by atoms with Crippen molar-refractivity contribution in [1.82, 2.24) is 0 Å². The number of rotatable bonds is 7. The van der Waals surface area contributed by atoms with Crippen LogP contribution in [0, 0.1) is 0 Å². The van der Waals surface area contributed by atoms with Crippen molar-refractivity contribution >= 4 is 5.97 Å². The van der Waals surface area contributed by atoms with E-state index in [2.05, 4.69) is 11.7 Å². The zero-order valence-corrected chi connectivity index (χ0v) is 10.3. The molecule has 2 nitrogen and oxygen atoms in total. The van der Waals surface area contributed by atoms with Gasteiger partial charge >= 0.3 is 12.1 Å². The van der Waals surface area contributed by atoms with E-state index in [0.29, 0.717) is 6.42 Å². The first kappa shape index (κ1) is 16.0. The molecule has 0 rings (SSSR count). The Morgan fingerprint density at radius 2 is 1.76 bits per heavy atom. The molecule has 0 atom stereocenters. The number of alkyl halides is 3. The van der Waals surface area contributed by atoms with Crippen LogP contribution in [0.3, 0.4) is 0 Å². The fourth-order valence-corrected chi connectivity index (χ4v) is 1.35. The van der Waals surface area contributed by atoms with Crippen molar-refractivity contribution in [3.05, 3.63) is 11.8 Å². The highest BCUT2D eigenvalue weighted by Crippen LogP contribution is 2.27. The summed E-state index contributed by atoms with van der Waals surface area (Å²) in [7, 11) is 0. The predicted molar refractivity (Wildman–Crippen MR) is 59.3 cm³/mol. The lowest BCUT2D eigenvalue weighted by molar-refractivity contribution is -0.158. The van der Waals surface area contributed by atoms with Crippen molar-refractivity contribution in [2.75, 3.05) is 0 Å². The van der Waals surface area contributed by atoms with Crippen molar-refractivity contribution in [1.29, 1.82) is 0 Å². The van der Waals surface area contributed by atoms with Gasteiger partial charge in [-0.15, -0.1) is 0 Å². The summed E-state index contributed by atoms with van der Waals surface area (Å²) in [5, 5.41) is 0. The summed E-state index contributed by atoms with van der Waals surface area (Å²) in [6, 6.07) is 0. The van der Waals surface area contributed by atoms with E-state index < -0.39 is 17.9 Å². The van der Waals surface area contributed by atoms with Crippen LogP contribution in [0.5, 0.6) is 0 Å². The van der Waals surface area contributed by atoms with Gasteiger partial charge in [-0.1, -0.05) is 32.6 Å². The fourth-order valence-electron chi connectivity index (χ4n) is 1.35. The summed E-state index contributed by atoms with van der Waals surface area (Å²) >= 11 is 0. The topological polar surface area (TPSA) is 26.3 Å². The number of carbonyl (C=O) groups excluding carboxylic acids is 1. The van der Waals surface area contributed by atoms with Gasteiger partial charge in [0.2, 0.25) is 5.76 Å². The van der Waals surface area contributed by atoms with Crippen molar-refractivity contribution < 1.29 is 22.7 Å². The number of hydrogen-bond acceptors (Lipinski definition) is 2. The predicted octanol–water partition coefficient (Wildman–Crippen LogP) is 4.36. The molecule has 0 heterocycles. The maximum atomic E-state index is 12.4. The Hall–Kier alpha value is -1.00. The summed E-state index contributed by atoms with van der Waals surface area (Å²) < 4.78 is 41.2. The molecule has 0 aliphatic rings. The van der Waals surface area contributed by atoms with Gasteiger partial charge in [0.1, 0.15) is 0 Å². The first-order valence-corrected chi connectivity index (χ1v) is 5.83. The van der Waals surface area contributed by atoms with Gasteiger partial charge in [0.05, 0.1) is 0 Å². The maximum absolute atomic E-state index is 12.4. The van der Waals surface area contributed by atoms with E-state index in [1.165, 1.54) is 0 Å². The highest BCUT2D eigenvalue weighted by atomic mass is 19.4. The van der Waals surface area contributed by atoms with E-state index in [1.54, 1.807) is 0 Å². The third kappa shape index (κ3) is 8.77. The van der Waals surface area contributed by atoms with Gasteiger partial charge in [0.25, 0.3) is 0 Å². The average molecular weight is 252 g/mol. The number of ether oxygens (including phenoxy) is 1. The van der Waals surface area contributed by atoms with E-state index in [-0.39, 0.29) is 6.42 Å². The molecular weight excluding hydrogens is 233 g/mol. The molecule has 0 radical (unpaired) electrons. The summed E-state index contributed by atoms with van der Waals surface area (Å²) in [5.41, 5.74) is 0. The lowest BCUT2D eigenvalue weighted by Crippen LogP contribution is -2.17. The quantitative estimate of drug-likeness (QED) is 0.382. The van der Waals surface area contributed by atoms with Crippen LogP contribution < -0.4 is 0 Å². The Labute approximate surface area is 99.8 Å². The van der Waals surface area contributed by atoms with Crippen molar-refractivity contribution in [3.63, 3.8) is 0 Å². The normalized spacial score (nSPS) is 12.6. The first-order chi connectivity index (χ1) is 7.88. The minimum Gasteiger partial charge on any atom is -0.422 e. The zero-order valence-electron chi connectivity index (χ0n) is 10.3. The van der Waals surface area contributed by atoms with Crippen molar-refractivity contribution in [3.8, 4) is 0 Å². The molecule has 0 saturated heterocycles. The summed E-state index contributed by atoms with van der Waals surface area (Å²) in [5.74, 6) is -2.14. The average Bonchev–Trinajstić information content (AvgIpc) is 2.19. The van der Waals surface area contributed by atoms with E-state index >= 15 is 0 Å². The third-order valence-electron chi connectivity index (χ3n) is 2.17. The first-order valence-electron chi connectivity index (χ1n) is 5.83. The maximum Gasteiger partial charge on any atom is 0.449 e. The lowest BCUT2D eigenvalue weighted by atomic mass is 10.1. The number of esters is 1. The third-order valence-corrected chi connectivity index (χ3v) is 2.17. The molecule has 0 spiro atoms. The van der Waals surface area contributed by atoms with Crippen LogP contribution in [0.1, 0.15) is 52.4 Å². The second-order valence-corrected chi connectivity index (χ2v) is 3.86. The van der Waals surface area contributed by atoms with Gasteiger partial charge in [0, 0.05) is 6.92 Å². The molecule has 0 amide bonds. The minimum absolute atomic E-state index is 0.284.